The van der Waals surface area contributed by atoms with E-state index in [0.717, 1.165) is 0 Å². The predicted octanol–water partition coefficient (Wildman–Crippen LogP) is 1.54. The average molecular weight is 206 g/mol. The van der Waals surface area contributed by atoms with Gasteiger partial charge >= 0.3 is 0 Å². The summed E-state index contributed by atoms with van der Waals surface area (Å²) >= 11 is 0. The normalized spacial score (nSPS) is 10.1. The van der Waals surface area contributed by atoms with Crippen molar-refractivity contribution in [2.24, 2.45) is 0 Å². The molecule has 0 bridgehead atoms. The first-order chi connectivity index (χ1) is 7.25. The van der Waals surface area contributed by atoms with Crippen LogP contribution in [0.3, 0.4) is 0 Å². The third kappa shape index (κ3) is 2.19. The van der Waals surface area contributed by atoms with Crippen LogP contribution in [0.5, 0.6) is 11.5 Å². The van der Waals surface area contributed by atoms with Crippen LogP contribution in [0.2, 0.25) is 0 Å². The lowest BCUT2D eigenvalue weighted by atomic mass is 10.3. The minimum Gasteiger partial charge on any atom is -0.508 e. The highest BCUT2D eigenvalue weighted by molar-refractivity contribution is 5.38. The summed E-state index contributed by atoms with van der Waals surface area (Å²) in [5, 5.41) is 12.6. The van der Waals surface area contributed by atoms with Gasteiger partial charge in [-0.15, -0.1) is 0 Å². The van der Waals surface area contributed by atoms with Crippen molar-refractivity contribution in [2.75, 3.05) is 5.73 Å². The van der Waals surface area contributed by atoms with E-state index in [9.17, 15) is 0 Å². The quantitative estimate of drug-likeness (QED) is 0.796. The molecule has 0 amide bonds. The predicted molar refractivity (Wildman–Crippen MR) is 53.4 cm³/mol. The minimum atomic E-state index is 0.196. The fourth-order valence-electron chi connectivity index (χ4n) is 1.07. The monoisotopic (exact) mass is 206 g/mol. The minimum absolute atomic E-state index is 0.196. The molecule has 15 heavy (non-hydrogen) atoms. The molecule has 3 N–H and O–H groups in total. The number of nitrogens with zero attached hydrogens (tertiary/aromatic N) is 1. The number of aromatic hydroxyl groups is 1. The summed E-state index contributed by atoms with van der Waals surface area (Å²) in [6.45, 7) is 0.219. The highest BCUT2D eigenvalue weighted by Crippen LogP contribution is 2.18. The molecule has 2 rings (SSSR count). The van der Waals surface area contributed by atoms with Gasteiger partial charge < -0.3 is 20.1 Å². The van der Waals surface area contributed by atoms with Gasteiger partial charge in [-0.1, -0.05) is 5.16 Å². The Hall–Kier alpha value is -2.17. The average Bonchev–Trinajstić information content (AvgIpc) is 2.63. The maximum Gasteiger partial charge on any atom is 0.196 e. The lowest BCUT2D eigenvalue weighted by Gasteiger charge is -2.03. The lowest BCUT2D eigenvalue weighted by molar-refractivity contribution is 0.250. The standard InChI is InChI=1S/C10H10N2O3/c11-9-5-12-15-10(9)6-14-8-3-1-7(13)2-4-8/h1-5,13H,6,11H2. The van der Waals surface area contributed by atoms with Gasteiger partial charge in [-0.2, -0.15) is 0 Å². The maximum absolute atomic E-state index is 9.05. The summed E-state index contributed by atoms with van der Waals surface area (Å²) in [4.78, 5) is 0. The van der Waals surface area contributed by atoms with Gasteiger partial charge in [-0.25, -0.2) is 0 Å². The molecule has 0 saturated heterocycles. The molecule has 0 aliphatic carbocycles. The molecule has 0 atom stereocenters. The van der Waals surface area contributed by atoms with Gasteiger partial charge in [0, 0.05) is 0 Å². The van der Waals surface area contributed by atoms with Crippen LogP contribution in [0.15, 0.2) is 35.0 Å². The van der Waals surface area contributed by atoms with E-state index < -0.39 is 0 Å². The first kappa shape index (κ1) is 9.39. The van der Waals surface area contributed by atoms with E-state index in [1.165, 1.54) is 6.20 Å². The second-order valence-electron chi connectivity index (χ2n) is 2.99. The first-order valence-corrected chi connectivity index (χ1v) is 4.36. The number of hydrogen-bond donors (Lipinski definition) is 2. The van der Waals surface area contributed by atoms with Crippen LogP contribution >= 0.6 is 0 Å². The zero-order chi connectivity index (χ0) is 10.7. The molecule has 0 radical (unpaired) electrons. The second-order valence-corrected chi connectivity index (χ2v) is 2.99. The fraction of sp³-hybridized carbons (Fsp3) is 0.100. The molecule has 5 heteroatoms. The first-order valence-electron chi connectivity index (χ1n) is 4.36. The smallest absolute Gasteiger partial charge is 0.196 e. The SMILES string of the molecule is Nc1cnoc1COc1ccc(O)cc1. The van der Waals surface area contributed by atoms with Crippen LogP contribution in [-0.2, 0) is 6.61 Å². The number of anilines is 1. The molecule has 0 saturated carbocycles. The number of hydrogen-bond acceptors (Lipinski definition) is 5. The topological polar surface area (TPSA) is 81.5 Å². The molecule has 1 aromatic heterocycles. The summed E-state index contributed by atoms with van der Waals surface area (Å²) < 4.78 is 10.2. The number of phenolic OH excluding ortho intramolecular Hbond substituents is 1. The van der Waals surface area contributed by atoms with Gasteiger partial charge in [0.05, 0.1) is 11.9 Å². The Morgan fingerprint density at radius 1 is 1.33 bits per heavy atom. The van der Waals surface area contributed by atoms with Gasteiger partial charge in [0.1, 0.15) is 11.5 Å². The van der Waals surface area contributed by atoms with E-state index in [4.69, 9.17) is 20.1 Å². The maximum atomic E-state index is 9.05. The van der Waals surface area contributed by atoms with E-state index >= 15 is 0 Å². The van der Waals surface area contributed by atoms with Crippen LogP contribution in [-0.4, -0.2) is 10.3 Å². The summed E-state index contributed by atoms with van der Waals surface area (Å²) in [5.74, 6) is 1.31. The van der Waals surface area contributed by atoms with Crippen molar-refractivity contribution >= 4 is 5.69 Å². The Morgan fingerprint density at radius 3 is 2.67 bits per heavy atom. The van der Waals surface area contributed by atoms with Crippen molar-refractivity contribution in [1.82, 2.24) is 5.16 Å². The number of nitrogens with two attached hydrogens (primary N) is 1. The molecule has 1 heterocycles. The van der Waals surface area contributed by atoms with Gasteiger partial charge in [0.15, 0.2) is 12.4 Å². The number of benzene rings is 1. The number of aromatic nitrogens is 1. The van der Waals surface area contributed by atoms with Gasteiger partial charge in [0.2, 0.25) is 0 Å². The molecule has 0 aliphatic rings. The van der Waals surface area contributed by atoms with E-state index in [-0.39, 0.29) is 12.4 Å². The third-order valence-electron chi connectivity index (χ3n) is 1.88. The summed E-state index contributed by atoms with van der Waals surface area (Å²) in [7, 11) is 0. The van der Waals surface area contributed by atoms with Crippen molar-refractivity contribution < 1.29 is 14.4 Å². The molecule has 0 unspecified atom stereocenters. The van der Waals surface area contributed by atoms with Crippen LogP contribution < -0.4 is 10.5 Å². The van der Waals surface area contributed by atoms with Crippen LogP contribution in [0.1, 0.15) is 5.76 Å². The Morgan fingerprint density at radius 2 is 2.07 bits per heavy atom. The Labute approximate surface area is 86.1 Å². The highest BCUT2D eigenvalue weighted by Gasteiger charge is 2.04. The number of rotatable bonds is 3. The number of phenols is 1. The van der Waals surface area contributed by atoms with Crippen molar-refractivity contribution in [2.45, 2.75) is 6.61 Å². The van der Waals surface area contributed by atoms with E-state index in [2.05, 4.69) is 5.16 Å². The molecule has 5 nitrogen and oxygen atoms in total. The van der Waals surface area contributed by atoms with E-state index in [1.54, 1.807) is 24.3 Å². The zero-order valence-electron chi connectivity index (χ0n) is 7.88. The van der Waals surface area contributed by atoms with Gasteiger partial charge in [0.25, 0.3) is 0 Å². The Kier molecular flexibility index (Phi) is 2.45. The lowest BCUT2D eigenvalue weighted by Crippen LogP contribution is -1.96. The van der Waals surface area contributed by atoms with Crippen molar-refractivity contribution in [1.29, 1.82) is 0 Å². The second kappa shape index (κ2) is 3.91. The molecular weight excluding hydrogens is 196 g/mol. The third-order valence-corrected chi connectivity index (χ3v) is 1.88. The highest BCUT2D eigenvalue weighted by atomic mass is 16.5. The Balaban J connectivity index is 1.99. The van der Waals surface area contributed by atoms with Crippen molar-refractivity contribution in [3.8, 4) is 11.5 Å². The largest absolute Gasteiger partial charge is 0.508 e. The van der Waals surface area contributed by atoms with Crippen LogP contribution in [0.25, 0.3) is 0 Å². The zero-order valence-corrected chi connectivity index (χ0v) is 7.88. The van der Waals surface area contributed by atoms with E-state index in [0.29, 0.717) is 17.2 Å². The molecule has 0 aliphatic heterocycles. The van der Waals surface area contributed by atoms with E-state index in [1.807, 2.05) is 0 Å². The molecule has 1 aromatic carbocycles. The van der Waals surface area contributed by atoms with Crippen LogP contribution in [0.4, 0.5) is 5.69 Å². The molecule has 78 valence electrons. The fourth-order valence-corrected chi connectivity index (χ4v) is 1.07. The molecule has 2 aromatic rings. The van der Waals surface area contributed by atoms with Crippen LogP contribution in [0, 0.1) is 0 Å². The summed E-state index contributed by atoms with van der Waals surface area (Å²) in [6.07, 6.45) is 1.43. The molecular formula is C10H10N2O3. The Bertz CT molecular complexity index is 436. The van der Waals surface area contributed by atoms with Crippen molar-refractivity contribution in [3.63, 3.8) is 0 Å². The van der Waals surface area contributed by atoms with Gasteiger partial charge in [-0.3, -0.25) is 0 Å². The summed E-state index contributed by atoms with van der Waals surface area (Å²) in [6, 6.07) is 6.39. The molecule has 0 fully saturated rings. The number of ether oxygens (including phenoxy) is 1. The number of nitrogen functional groups attached to an aromatic ring is 1. The molecule has 0 spiro atoms. The van der Waals surface area contributed by atoms with Gasteiger partial charge in [-0.05, 0) is 24.3 Å². The summed E-state index contributed by atoms with van der Waals surface area (Å²) in [5.41, 5.74) is 6.02. The van der Waals surface area contributed by atoms with Crippen molar-refractivity contribution in [3.05, 3.63) is 36.2 Å².